The molecule has 0 aliphatic carbocycles. The van der Waals surface area contributed by atoms with E-state index in [0.29, 0.717) is 0 Å². The van der Waals surface area contributed by atoms with Gasteiger partial charge in [0.1, 0.15) is 0 Å². The average Bonchev–Trinajstić information content (AvgIpc) is 2.73. The first-order chi connectivity index (χ1) is 14.2. The summed E-state index contributed by atoms with van der Waals surface area (Å²) in [6.07, 6.45) is 19.4. The van der Waals surface area contributed by atoms with Crippen molar-refractivity contribution in [1.82, 2.24) is 0 Å². The number of benzene rings is 2. The summed E-state index contributed by atoms with van der Waals surface area (Å²) in [5.74, 6) is 0. The molecule has 0 saturated carbocycles. The summed E-state index contributed by atoms with van der Waals surface area (Å²) in [5, 5.41) is 13.6. The predicted octanol–water partition coefficient (Wildman–Crippen LogP) is 8.77. The molecule has 0 unspecified atom stereocenters. The number of nitrogens with zero attached hydrogens (tertiary/aromatic N) is 1. The maximum atomic E-state index is 11.4. The first-order valence-electron chi connectivity index (χ1n) is 11.9. The third kappa shape index (κ3) is 8.55. The van der Waals surface area contributed by atoms with Crippen LogP contribution in [-0.2, 0) is 6.42 Å². The van der Waals surface area contributed by atoms with E-state index in [1.54, 1.807) is 6.07 Å². The van der Waals surface area contributed by atoms with E-state index in [1.165, 1.54) is 77.0 Å². The van der Waals surface area contributed by atoms with Crippen LogP contribution < -0.4 is 0 Å². The second kappa shape index (κ2) is 14.1. The number of nitro benzene ring substituents is 1. The first kappa shape index (κ1) is 23.4. The highest BCUT2D eigenvalue weighted by Crippen LogP contribution is 2.29. The molecule has 29 heavy (non-hydrogen) atoms. The molecule has 0 N–H and O–H groups in total. The summed E-state index contributed by atoms with van der Waals surface area (Å²) in [5.41, 5.74) is 1.19. The molecule has 0 aliphatic rings. The zero-order valence-corrected chi connectivity index (χ0v) is 18.3. The lowest BCUT2D eigenvalue weighted by atomic mass is 9.97. The van der Waals surface area contributed by atoms with Gasteiger partial charge in [-0.2, -0.15) is 0 Å². The minimum absolute atomic E-state index is 0.231. The molecule has 0 bridgehead atoms. The van der Waals surface area contributed by atoms with Gasteiger partial charge in [0.25, 0.3) is 5.69 Å². The molecule has 0 radical (unpaired) electrons. The van der Waals surface area contributed by atoms with Crippen molar-refractivity contribution in [1.29, 1.82) is 0 Å². The molecule has 3 nitrogen and oxygen atoms in total. The van der Waals surface area contributed by atoms with Gasteiger partial charge < -0.3 is 0 Å². The maximum absolute atomic E-state index is 11.4. The van der Waals surface area contributed by atoms with Gasteiger partial charge in [0.2, 0.25) is 0 Å². The number of nitro groups is 1. The van der Waals surface area contributed by atoms with Gasteiger partial charge in [-0.05, 0) is 29.7 Å². The van der Waals surface area contributed by atoms with Crippen molar-refractivity contribution in [3.63, 3.8) is 0 Å². The van der Waals surface area contributed by atoms with E-state index in [2.05, 4.69) is 6.92 Å². The van der Waals surface area contributed by atoms with Crippen LogP contribution in [0.2, 0.25) is 0 Å². The Bertz CT molecular complexity index is 726. The fraction of sp³-hybridized carbons (Fsp3) is 0.615. The van der Waals surface area contributed by atoms with Crippen LogP contribution in [0.5, 0.6) is 0 Å². The van der Waals surface area contributed by atoms with Crippen LogP contribution >= 0.6 is 0 Å². The minimum Gasteiger partial charge on any atom is -0.258 e. The Kier molecular flexibility index (Phi) is 11.4. The van der Waals surface area contributed by atoms with Crippen molar-refractivity contribution >= 4 is 16.5 Å². The van der Waals surface area contributed by atoms with Crippen LogP contribution in [0.25, 0.3) is 10.8 Å². The van der Waals surface area contributed by atoms with Gasteiger partial charge in [-0.3, -0.25) is 10.1 Å². The Morgan fingerprint density at radius 2 is 1.21 bits per heavy atom. The third-order valence-electron chi connectivity index (χ3n) is 5.99. The largest absolute Gasteiger partial charge is 0.273 e. The summed E-state index contributed by atoms with van der Waals surface area (Å²) in [6, 6.07) is 11.5. The molecule has 0 fully saturated rings. The second-order valence-electron chi connectivity index (χ2n) is 8.39. The van der Waals surface area contributed by atoms with Gasteiger partial charge in [0.05, 0.1) is 4.92 Å². The summed E-state index contributed by atoms with van der Waals surface area (Å²) in [6.45, 7) is 2.27. The van der Waals surface area contributed by atoms with E-state index in [0.717, 1.165) is 35.6 Å². The zero-order valence-electron chi connectivity index (χ0n) is 18.3. The number of rotatable bonds is 16. The van der Waals surface area contributed by atoms with Gasteiger partial charge >= 0.3 is 0 Å². The van der Waals surface area contributed by atoms with Crippen molar-refractivity contribution in [2.24, 2.45) is 0 Å². The lowest BCUT2D eigenvalue weighted by Crippen LogP contribution is -1.97. The molecule has 0 atom stereocenters. The Balaban J connectivity index is 1.58. The maximum Gasteiger partial charge on any atom is 0.273 e. The van der Waals surface area contributed by atoms with Crippen LogP contribution in [0.1, 0.15) is 102 Å². The van der Waals surface area contributed by atoms with Crippen molar-refractivity contribution in [2.75, 3.05) is 0 Å². The van der Waals surface area contributed by atoms with E-state index in [-0.39, 0.29) is 10.6 Å². The highest BCUT2D eigenvalue weighted by atomic mass is 16.6. The second-order valence-corrected chi connectivity index (χ2v) is 8.39. The summed E-state index contributed by atoms with van der Waals surface area (Å²) < 4.78 is 0. The zero-order chi connectivity index (χ0) is 20.7. The number of aryl methyl sites for hydroxylation is 1. The van der Waals surface area contributed by atoms with Crippen LogP contribution in [0, 0.1) is 10.1 Å². The average molecular weight is 398 g/mol. The molecule has 0 heterocycles. The molecule has 0 saturated heterocycles. The molecule has 0 spiro atoms. The fourth-order valence-electron chi connectivity index (χ4n) is 4.25. The summed E-state index contributed by atoms with van der Waals surface area (Å²) >= 11 is 0. The molecule has 0 aromatic heterocycles. The molecule has 0 aliphatic heterocycles. The van der Waals surface area contributed by atoms with Crippen LogP contribution in [-0.4, -0.2) is 4.92 Å². The quantitative estimate of drug-likeness (QED) is 0.161. The lowest BCUT2D eigenvalue weighted by Gasteiger charge is -2.08. The molecule has 3 heteroatoms. The number of hydrogen-bond acceptors (Lipinski definition) is 2. The van der Waals surface area contributed by atoms with Gasteiger partial charge in [-0.25, -0.2) is 0 Å². The van der Waals surface area contributed by atoms with Crippen molar-refractivity contribution in [3.8, 4) is 0 Å². The fourth-order valence-corrected chi connectivity index (χ4v) is 4.25. The topological polar surface area (TPSA) is 43.1 Å². The number of fused-ring (bicyclic) bond motifs is 1. The lowest BCUT2D eigenvalue weighted by molar-refractivity contribution is -0.385. The van der Waals surface area contributed by atoms with Crippen LogP contribution in [0.4, 0.5) is 5.69 Å². The van der Waals surface area contributed by atoms with Crippen LogP contribution in [0.15, 0.2) is 36.4 Å². The van der Waals surface area contributed by atoms with E-state index >= 15 is 0 Å². The van der Waals surface area contributed by atoms with E-state index in [4.69, 9.17) is 0 Å². The molecule has 2 aromatic rings. The molecular formula is C26H39NO2. The Morgan fingerprint density at radius 3 is 1.76 bits per heavy atom. The Morgan fingerprint density at radius 1 is 0.690 bits per heavy atom. The number of unbranched alkanes of at least 4 members (excludes halogenated alkanes) is 13. The Labute approximate surface area is 177 Å². The first-order valence-corrected chi connectivity index (χ1v) is 11.9. The van der Waals surface area contributed by atoms with Gasteiger partial charge in [0, 0.05) is 11.6 Å². The molecule has 2 aromatic carbocycles. The molecular weight excluding hydrogens is 358 g/mol. The van der Waals surface area contributed by atoms with Gasteiger partial charge in [0.15, 0.2) is 0 Å². The normalized spacial score (nSPS) is 11.2. The van der Waals surface area contributed by atoms with E-state index in [1.807, 2.05) is 30.3 Å². The van der Waals surface area contributed by atoms with Crippen molar-refractivity contribution < 1.29 is 4.92 Å². The summed E-state index contributed by atoms with van der Waals surface area (Å²) in [4.78, 5) is 11.2. The third-order valence-corrected chi connectivity index (χ3v) is 5.99. The Hall–Kier alpha value is -1.90. The number of hydrogen-bond donors (Lipinski definition) is 0. The molecule has 2 rings (SSSR count). The van der Waals surface area contributed by atoms with E-state index < -0.39 is 0 Å². The molecule has 160 valence electrons. The predicted molar refractivity (Wildman–Crippen MR) is 125 cm³/mol. The summed E-state index contributed by atoms with van der Waals surface area (Å²) in [7, 11) is 0. The standard InChI is InChI=1S/C26H39NO2/c1-2-3-4-5-6-7-8-9-10-11-12-13-14-15-20-25-24-19-17-16-18-23(24)21-22-26(25)27(28)29/h16-19,21-22H,2-15,20H2,1H3. The SMILES string of the molecule is CCCCCCCCCCCCCCCCc1c([N+](=O)[O-])ccc2ccccc12. The molecule has 0 amide bonds. The van der Waals surface area contributed by atoms with Gasteiger partial charge in [-0.1, -0.05) is 115 Å². The van der Waals surface area contributed by atoms with Crippen LogP contribution in [0.3, 0.4) is 0 Å². The minimum atomic E-state index is -0.231. The van der Waals surface area contributed by atoms with Gasteiger partial charge in [-0.15, -0.1) is 0 Å². The van der Waals surface area contributed by atoms with Crippen molar-refractivity contribution in [2.45, 2.75) is 103 Å². The van der Waals surface area contributed by atoms with Crippen molar-refractivity contribution in [3.05, 3.63) is 52.1 Å². The highest BCUT2D eigenvalue weighted by Gasteiger charge is 2.16. The monoisotopic (exact) mass is 397 g/mol. The smallest absolute Gasteiger partial charge is 0.258 e. The van der Waals surface area contributed by atoms with E-state index in [9.17, 15) is 10.1 Å². The highest BCUT2D eigenvalue weighted by molar-refractivity contribution is 5.88.